The van der Waals surface area contributed by atoms with E-state index in [9.17, 15) is 14.0 Å². The zero-order valence-corrected chi connectivity index (χ0v) is 15.1. The zero-order valence-electron chi connectivity index (χ0n) is 14.3. The number of amides is 2. The Morgan fingerprint density at radius 1 is 1.00 bits per heavy atom. The van der Waals surface area contributed by atoms with Crippen LogP contribution in [0.25, 0.3) is 5.57 Å². The van der Waals surface area contributed by atoms with Crippen molar-refractivity contribution in [1.29, 1.82) is 0 Å². The second kappa shape index (κ2) is 7.30. The number of anilines is 1. The Kier molecular flexibility index (Phi) is 5.09. The van der Waals surface area contributed by atoms with Crippen LogP contribution in [0.3, 0.4) is 0 Å². The number of nitrogens with zero attached hydrogens (tertiary/aromatic N) is 1. The molecule has 0 unspecified atom stereocenters. The molecule has 134 valence electrons. The molecule has 2 aromatic carbocycles. The third-order valence-electron chi connectivity index (χ3n) is 3.84. The predicted molar refractivity (Wildman–Crippen MR) is 98.4 cm³/mol. The van der Waals surface area contributed by atoms with Crippen LogP contribution in [0.15, 0.2) is 53.6 Å². The Bertz CT molecular complexity index is 873. The molecule has 26 heavy (non-hydrogen) atoms. The van der Waals surface area contributed by atoms with Crippen molar-refractivity contribution in [3.8, 4) is 5.75 Å². The number of ether oxygens (including phenoxy) is 1. The van der Waals surface area contributed by atoms with E-state index >= 15 is 0 Å². The highest BCUT2D eigenvalue weighted by molar-refractivity contribution is 6.60. The maximum atomic E-state index is 13.1. The molecule has 0 aromatic heterocycles. The Morgan fingerprint density at radius 2 is 1.62 bits per heavy atom. The van der Waals surface area contributed by atoms with Crippen LogP contribution in [0, 0.1) is 11.7 Å². The molecule has 1 aliphatic rings. The third kappa shape index (κ3) is 3.48. The van der Waals surface area contributed by atoms with E-state index in [2.05, 4.69) is 0 Å². The van der Waals surface area contributed by atoms with Gasteiger partial charge in [-0.15, -0.1) is 0 Å². The molecule has 0 saturated heterocycles. The molecule has 0 radical (unpaired) electrons. The molecule has 0 saturated carbocycles. The minimum atomic E-state index is -0.605. The zero-order chi connectivity index (χ0) is 18.8. The van der Waals surface area contributed by atoms with Gasteiger partial charge in [-0.2, -0.15) is 0 Å². The fourth-order valence-electron chi connectivity index (χ4n) is 2.56. The van der Waals surface area contributed by atoms with Crippen molar-refractivity contribution in [3.63, 3.8) is 0 Å². The minimum absolute atomic E-state index is 0.0665. The topological polar surface area (TPSA) is 46.6 Å². The van der Waals surface area contributed by atoms with Gasteiger partial charge in [-0.25, -0.2) is 9.29 Å². The monoisotopic (exact) mass is 373 g/mol. The lowest BCUT2D eigenvalue weighted by molar-refractivity contribution is -0.119. The molecule has 3 rings (SSSR count). The summed E-state index contributed by atoms with van der Waals surface area (Å²) in [5.41, 5.74) is 0.859. The summed E-state index contributed by atoms with van der Waals surface area (Å²) in [6.07, 6.45) is 0. The van der Waals surface area contributed by atoms with Gasteiger partial charge in [0.05, 0.1) is 17.9 Å². The van der Waals surface area contributed by atoms with Crippen molar-refractivity contribution in [2.75, 3.05) is 11.5 Å². The van der Waals surface area contributed by atoms with Crippen LogP contribution in [0.5, 0.6) is 5.75 Å². The first-order valence-electron chi connectivity index (χ1n) is 8.16. The van der Waals surface area contributed by atoms with E-state index in [1.165, 1.54) is 24.3 Å². The highest BCUT2D eigenvalue weighted by Crippen LogP contribution is 2.35. The first-order valence-corrected chi connectivity index (χ1v) is 8.53. The smallest absolute Gasteiger partial charge is 0.277 e. The summed E-state index contributed by atoms with van der Waals surface area (Å²) in [4.78, 5) is 26.2. The Balaban J connectivity index is 1.85. The fourth-order valence-corrected chi connectivity index (χ4v) is 2.83. The third-order valence-corrected chi connectivity index (χ3v) is 4.19. The summed E-state index contributed by atoms with van der Waals surface area (Å²) in [7, 11) is 0. The number of hydrogen-bond acceptors (Lipinski definition) is 3. The molecule has 0 N–H and O–H groups in total. The minimum Gasteiger partial charge on any atom is -0.493 e. The normalized spacial score (nSPS) is 14.6. The van der Waals surface area contributed by atoms with Crippen LogP contribution in [0.4, 0.5) is 10.1 Å². The predicted octanol–water partition coefficient (Wildman–Crippen LogP) is 4.38. The lowest BCUT2D eigenvalue weighted by Gasteiger charge is -2.16. The second-order valence-electron chi connectivity index (χ2n) is 6.34. The van der Waals surface area contributed by atoms with Crippen LogP contribution in [-0.2, 0) is 9.59 Å². The van der Waals surface area contributed by atoms with E-state index in [0.717, 1.165) is 4.90 Å². The van der Waals surface area contributed by atoms with E-state index in [4.69, 9.17) is 16.3 Å². The molecule has 2 amide bonds. The van der Waals surface area contributed by atoms with Crippen molar-refractivity contribution in [2.24, 2.45) is 5.92 Å². The van der Waals surface area contributed by atoms with Crippen LogP contribution >= 0.6 is 11.6 Å². The largest absolute Gasteiger partial charge is 0.493 e. The molecule has 0 aliphatic carbocycles. The Labute approximate surface area is 155 Å². The molecule has 4 nitrogen and oxygen atoms in total. The summed E-state index contributed by atoms with van der Waals surface area (Å²) in [6, 6.07) is 11.9. The van der Waals surface area contributed by atoms with Gasteiger partial charge in [0.15, 0.2) is 0 Å². The summed E-state index contributed by atoms with van der Waals surface area (Å²) in [5, 5.41) is -0.179. The number of hydrogen-bond donors (Lipinski definition) is 0. The molecule has 1 aliphatic heterocycles. The Morgan fingerprint density at radius 3 is 2.19 bits per heavy atom. The van der Waals surface area contributed by atoms with E-state index < -0.39 is 17.6 Å². The number of imide groups is 1. The highest BCUT2D eigenvalue weighted by atomic mass is 35.5. The van der Waals surface area contributed by atoms with E-state index in [1.54, 1.807) is 24.3 Å². The molecular formula is C20H17ClFNO3. The molecule has 0 spiro atoms. The molecule has 1 heterocycles. The number of carbonyl (C=O) groups excluding carboxylic acids is 2. The molecule has 0 bridgehead atoms. The lowest BCUT2D eigenvalue weighted by Crippen LogP contribution is -2.31. The number of halogens is 2. The van der Waals surface area contributed by atoms with Gasteiger partial charge in [-0.1, -0.05) is 37.6 Å². The second-order valence-corrected chi connectivity index (χ2v) is 6.72. The van der Waals surface area contributed by atoms with Crippen molar-refractivity contribution >= 4 is 34.7 Å². The molecule has 6 heteroatoms. The first-order chi connectivity index (χ1) is 12.4. The van der Waals surface area contributed by atoms with E-state index in [-0.39, 0.29) is 10.6 Å². The lowest BCUT2D eigenvalue weighted by atomic mass is 10.1. The average Bonchev–Trinajstić information content (AvgIpc) is 2.84. The summed E-state index contributed by atoms with van der Waals surface area (Å²) in [6.45, 7) is 4.66. The van der Waals surface area contributed by atoms with E-state index in [0.29, 0.717) is 29.5 Å². The summed E-state index contributed by atoms with van der Waals surface area (Å²) >= 11 is 6.11. The fraction of sp³-hybridized carbons (Fsp3) is 0.200. The quantitative estimate of drug-likeness (QED) is 0.730. The van der Waals surface area contributed by atoms with Gasteiger partial charge in [0, 0.05) is 0 Å². The van der Waals surface area contributed by atoms with E-state index in [1.807, 2.05) is 13.8 Å². The van der Waals surface area contributed by atoms with Crippen molar-refractivity contribution in [1.82, 2.24) is 0 Å². The van der Waals surface area contributed by atoms with Crippen molar-refractivity contribution in [3.05, 3.63) is 64.9 Å². The van der Waals surface area contributed by atoms with Crippen molar-refractivity contribution < 1.29 is 18.7 Å². The average molecular weight is 374 g/mol. The van der Waals surface area contributed by atoms with Crippen LogP contribution in [-0.4, -0.2) is 18.4 Å². The van der Waals surface area contributed by atoms with Crippen LogP contribution < -0.4 is 9.64 Å². The van der Waals surface area contributed by atoms with Gasteiger partial charge in [0.25, 0.3) is 11.8 Å². The molecule has 0 atom stereocenters. The maximum absolute atomic E-state index is 13.1. The first kappa shape index (κ1) is 18.1. The number of rotatable bonds is 5. The summed E-state index contributed by atoms with van der Waals surface area (Å²) in [5.74, 6) is -0.539. The van der Waals surface area contributed by atoms with Gasteiger partial charge in [-0.05, 0) is 47.9 Å². The SMILES string of the molecule is CC(C)COc1ccc(N2C(=O)C(Cl)=C(c3ccc(F)cc3)C2=O)cc1. The Hall–Kier alpha value is -2.66. The van der Waals surface area contributed by atoms with Gasteiger partial charge in [-0.3, -0.25) is 9.59 Å². The highest BCUT2D eigenvalue weighted by Gasteiger charge is 2.39. The van der Waals surface area contributed by atoms with Gasteiger partial charge < -0.3 is 4.74 Å². The number of carbonyl (C=O) groups is 2. The van der Waals surface area contributed by atoms with Crippen LogP contribution in [0.2, 0.25) is 0 Å². The van der Waals surface area contributed by atoms with Crippen LogP contribution in [0.1, 0.15) is 19.4 Å². The van der Waals surface area contributed by atoms with Gasteiger partial charge >= 0.3 is 0 Å². The maximum Gasteiger partial charge on any atom is 0.277 e. The molecule has 0 fully saturated rings. The van der Waals surface area contributed by atoms with Gasteiger partial charge in [0.2, 0.25) is 0 Å². The van der Waals surface area contributed by atoms with Crippen molar-refractivity contribution in [2.45, 2.75) is 13.8 Å². The van der Waals surface area contributed by atoms with Gasteiger partial charge in [0.1, 0.15) is 16.6 Å². The molecular weight excluding hydrogens is 357 g/mol. The summed E-state index contributed by atoms with van der Waals surface area (Å²) < 4.78 is 18.7. The standard InChI is InChI=1S/C20H17ClFNO3/c1-12(2)11-26-16-9-7-15(8-10-16)23-19(24)17(18(21)20(23)25)13-3-5-14(22)6-4-13/h3-10,12H,11H2,1-2H3. The number of benzene rings is 2. The molecule has 2 aromatic rings.